The van der Waals surface area contributed by atoms with Gasteiger partial charge in [-0.1, -0.05) is 31.0 Å². The molecule has 1 unspecified atom stereocenters. The number of hydrogen-bond donors (Lipinski definition) is 1. The maximum absolute atomic E-state index is 12.5. The fourth-order valence-electron chi connectivity index (χ4n) is 3.29. The standard InChI is InChI=1S/C17H22N2O3S/c1-19(12-6-4-3-5-7-12)16-15(20)18-13-10-11(17(21)22-2)8-9-14(13)23-16/h8-10,12,16H,3-7H2,1-2H3,(H,18,20). The van der Waals surface area contributed by atoms with E-state index in [4.69, 9.17) is 4.74 Å². The minimum atomic E-state index is -0.395. The minimum Gasteiger partial charge on any atom is -0.465 e. The Hall–Kier alpha value is -1.53. The molecule has 1 amide bonds. The number of ether oxygens (including phenoxy) is 1. The fraction of sp³-hybridized carbons (Fsp3) is 0.529. The molecule has 1 aromatic rings. The monoisotopic (exact) mass is 334 g/mol. The van der Waals surface area contributed by atoms with E-state index < -0.39 is 5.97 Å². The summed E-state index contributed by atoms with van der Waals surface area (Å²) in [6.07, 6.45) is 6.11. The number of benzene rings is 1. The molecule has 1 atom stereocenters. The predicted molar refractivity (Wildman–Crippen MR) is 90.7 cm³/mol. The van der Waals surface area contributed by atoms with Gasteiger partial charge in [-0.05, 0) is 38.1 Å². The van der Waals surface area contributed by atoms with E-state index in [2.05, 4.69) is 10.2 Å². The summed E-state index contributed by atoms with van der Waals surface area (Å²) < 4.78 is 4.73. The number of rotatable bonds is 3. The summed E-state index contributed by atoms with van der Waals surface area (Å²) in [4.78, 5) is 27.3. The van der Waals surface area contributed by atoms with Crippen molar-refractivity contribution in [3.63, 3.8) is 0 Å². The smallest absolute Gasteiger partial charge is 0.337 e. The number of carbonyl (C=O) groups is 2. The van der Waals surface area contributed by atoms with Crippen LogP contribution in [0.4, 0.5) is 5.69 Å². The number of esters is 1. The summed E-state index contributed by atoms with van der Waals surface area (Å²) in [5.74, 6) is -0.411. The van der Waals surface area contributed by atoms with Crippen LogP contribution in [-0.2, 0) is 9.53 Å². The topological polar surface area (TPSA) is 58.6 Å². The molecule has 23 heavy (non-hydrogen) atoms. The number of thioether (sulfide) groups is 1. The van der Waals surface area contributed by atoms with Gasteiger partial charge >= 0.3 is 5.97 Å². The van der Waals surface area contributed by atoms with Crippen LogP contribution in [0.25, 0.3) is 0 Å². The Kier molecular flexibility index (Phi) is 4.92. The third kappa shape index (κ3) is 3.38. The number of nitrogens with one attached hydrogen (secondary N) is 1. The van der Waals surface area contributed by atoms with E-state index in [0.29, 0.717) is 17.3 Å². The molecule has 124 valence electrons. The van der Waals surface area contributed by atoms with E-state index in [9.17, 15) is 9.59 Å². The van der Waals surface area contributed by atoms with Crippen molar-refractivity contribution in [1.82, 2.24) is 4.90 Å². The van der Waals surface area contributed by atoms with E-state index in [1.165, 1.54) is 26.4 Å². The molecule has 3 rings (SSSR count). The molecule has 0 saturated heterocycles. The summed E-state index contributed by atoms with van der Waals surface area (Å²) in [7, 11) is 3.39. The molecule has 1 heterocycles. The molecule has 0 bridgehead atoms. The molecule has 0 radical (unpaired) electrons. The van der Waals surface area contributed by atoms with Crippen molar-refractivity contribution >= 4 is 29.3 Å². The Morgan fingerprint density at radius 2 is 2.04 bits per heavy atom. The highest BCUT2D eigenvalue weighted by Crippen LogP contribution is 2.39. The van der Waals surface area contributed by atoms with Crippen LogP contribution in [0.2, 0.25) is 0 Å². The minimum absolute atomic E-state index is 0.0161. The lowest BCUT2D eigenvalue weighted by atomic mass is 9.94. The third-order valence-electron chi connectivity index (χ3n) is 4.64. The van der Waals surface area contributed by atoms with Crippen LogP contribution in [0.3, 0.4) is 0 Å². The first-order chi connectivity index (χ1) is 11.1. The largest absolute Gasteiger partial charge is 0.465 e. The molecule has 6 heteroatoms. The van der Waals surface area contributed by atoms with Gasteiger partial charge in [0, 0.05) is 10.9 Å². The molecule has 1 fully saturated rings. The highest BCUT2D eigenvalue weighted by Gasteiger charge is 2.34. The first-order valence-corrected chi connectivity index (χ1v) is 8.90. The van der Waals surface area contributed by atoms with Crippen molar-refractivity contribution in [2.45, 2.75) is 48.4 Å². The molecule has 0 spiro atoms. The third-order valence-corrected chi connectivity index (χ3v) is 6.02. The van der Waals surface area contributed by atoms with E-state index in [1.807, 2.05) is 13.1 Å². The van der Waals surface area contributed by atoms with Gasteiger partial charge in [0.1, 0.15) is 5.37 Å². The van der Waals surface area contributed by atoms with Crippen molar-refractivity contribution in [3.05, 3.63) is 23.8 Å². The van der Waals surface area contributed by atoms with Crippen LogP contribution in [0.5, 0.6) is 0 Å². The van der Waals surface area contributed by atoms with E-state index in [1.54, 1.807) is 23.9 Å². The Bertz CT molecular complexity index is 614. The number of carbonyl (C=O) groups excluding carboxylic acids is 2. The molecular formula is C17H22N2O3S. The molecule has 0 aromatic heterocycles. The SMILES string of the molecule is COC(=O)c1ccc2c(c1)NC(=O)C(N(C)C1CCCCC1)S2. The van der Waals surface area contributed by atoms with Crippen molar-refractivity contribution in [1.29, 1.82) is 0 Å². The fourth-order valence-corrected chi connectivity index (χ4v) is 4.42. The maximum atomic E-state index is 12.5. The zero-order valence-electron chi connectivity index (χ0n) is 13.5. The van der Waals surface area contributed by atoms with Crippen molar-refractivity contribution in [2.24, 2.45) is 0 Å². The highest BCUT2D eigenvalue weighted by atomic mass is 32.2. The number of fused-ring (bicyclic) bond motifs is 1. The number of methoxy groups -OCH3 is 1. The van der Waals surface area contributed by atoms with Gasteiger partial charge in [-0.2, -0.15) is 0 Å². The summed E-state index contributed by atoms with van der Waals surface area (Å²) in [6, 6.07) is 5.78. The van der Waals surface area contributed by atoms with Crippen LogP contribution in [-0.4, -0.2) is 42.3 Å². The molecule has 5 nitrogen and oxygen atoms in total. The summed E-state index contributed by atoms with van der Waals surface area (Å²) in [5.41, 5.74) is 1.14. The summed E-state index contributed by atoms with van der Waals surface area (Å²) >= 11 is 1.56. The lowest BCUT2D eigenvalue weighted by molar-refractivity contribution is -0.119. The normalized spacial score (nSPS) is 21.7. The van der Waals surface area contributed by atoms with Crippen LogP contribution in [0.15, 0.2) is 23.1 Å². The second kappa shape index (κ2) is 6.93. The number of hydrogen-bond acceptors (Lipinski definition) is 5. The molecule has 1 aromatic carbocycles. The molecular weight excluding hydrogens is 312 g/mol. The molecule has 1 aliphatic carbocycles. The molecule has 1 aliphatic heterocycles. The van der Waals surface area contributed by atoms with E-state index in [0.717, 1.165) is 17.7 Å². The Balaban J connectivity index is 1.77. The van der Waals surface area contributed by atoms with Crippen molar-refractivity contribution < 1.29 is 14.3 Å². The Morgan fingerprint density at radius 1 is 1.30 bits per heavy atom. The second-order valence-electron chi connectivity index (χ2n) is 6.12. The van der Waals surface area contributed by atoms with Crippen LogP contribution in [0.1, 0.15) is 42.5 Å². The van der Waals surface area contributed by atoms with Crippen LogP contribution < -0.4 is 5.32 Å². The van der Waals surface area contributed by atoms with Gasteiger partial charge in [0.25, 0.3) is 5.91 Å². The molecule has 2 aliphatic rings. The van der Waals surface area contributed by atoms with Crippen LogP contribution >= 0.6 is 11.8 Å². The zero-order valence-corrected chi connectivity index (χ0v) is 14.3. The predicted octanol–water partition coefficient (Wildman–Crippen LogP) is 3.11. The quantitative estimate of drug-likeness (QED) is 0.861. The maximum Gasteiger partial charge on any atom is 0.337 e. The first kappa shape index (κ1) is 16.3. The van der Waals surface area contributed by atoms with Gasteiger partial charge in [0.05, 0.1) is 18.4 Å². The highest BCUT2D eigenvalue weighted by molar-refractivity contribution is 8.00. The van der Waals surface area contributed by atoms with E-state index in [-0.39, 0.29) is 11.3 Å². The molecule has 1 N–H and O–H groups in total. The van der Waals surface area contributed by atoms with Gasteiger partial charge in [0.15, 0.2) is 0 Å². The van der Waals surface area contributed by atoms with Gasteiger partial charge in [-0.25, -0.2) is 4.79 Å². The summed E-state index contributed by atoms with van der Waals surface area (Å²) in [6.45, 7) is 0. The average Bonchev–Trinajstić information content (AvgIpc) is 2.60. The molecule has 1 saturated carbocycles. The van der Waals surface area contributed by atoms with Gasteiger partial charge < -0.3 is 10.1 Å². The van der Waals surface area contributed by atoms with Crippen molar-refractivity contribution in [2.75, 3.05) is 19.5 Å². The van der Waals surface area contributed by atoms with Crippen LogP contribution in [0, 0.1) is 0 Å². The lowest BCUT2D eigenvalue weighted by Crippen LogP contribution is -2.47. The van der Waals surface area contributed by atoms with Crippen molar-refractivity contribution in [3.8, 4) is 0 Å². The number of amides is 1. The Morgan fingerprint density at radius 3 is 2.74 bits per heavy atom. The first-order valence-electron chi connectivity index (χ1n) is 8.02. The number of likely N-dealkylation sites (N-methyl/N-ethyl adjacent to an activating group) is 1. The average molecular weight is 334 g/mol. The summed E-state index contributed by atoms with van der Waals surface area (Å²) in [5, 5.41) is 2.73. The Labute approximate surface area is 140 Å². The number of nitrogens with zero attached hydrogens (tertiary/aromatic N) is 1. The van der Waals surface area contributed by atoms with Gasteiger partial charge in [-0.15, -0.1) is 0 Å². The van der Waals surface area contributed by atoms with Gasteiger partial charge in [0.2, 0.25) is 0 Å². The zero-order chi connectivity index (χ0) is 16.4. The second-order valence-corrected chi connectivity index (χ2v) is 7.24. The lowest BCUT2D eigenvalue weighted by Gasteiger charge is -2.38. The van der Waals surface area contributed by atoms with E-state index >= 15 is 0 Å². The number of anilines is 1. The van der Waals surface area contributed by atoms with Gasteiger partial charge in [-0.3, -0.25) is 9.69 Å².